The molecule has 1 saturated heterocycles. The first-order chi connectivity index (χ1) is 15.5. The van der Waals surface area contributed by atoms with Gasteiger partial charge in [0, 0.05) is 55.2 Å². The van der Waals surface area contributed by atoms with Crippen LogP contribution in [0.25, 0.3) is 27.9 Å². The summed E-state index contributed by atoms with van der Waals surface area (Å²) in [5, 5.41) is 11.2. The van der Waals surface area contributed by atoms with Crippen LogP contribution in [0.2, 0.25) is 0 Å². The average Bonchev–Trinajstić information content (AvgIpc) is 3.54. The zero-order valence-corrected chi connectivity index (χ0v) is 17.6. The Bertz CT molecular complexity index is 1310. The first kappa shape index (κ1) is 20.1. The van der Waals surface area contributed by atoms with Crippen LogP contribution in [0.4, 0.5) is 4.39 Å². The van der Waals surface area contributed by atoms with E-state index in [-0.39, 0.29) is 17.6 Å². The van der Waals surface area contributed by atoms with Crippen LogP contribution in [-0.2, 0) is 11.8 Å². The lowest BCUT2D eigenvalue weighted by Gasteiger charge is -2.14. The predicted molar refractivity (Wildman–Crippen MR) is 114 cm³/mol. The number of hydrogen-bond acceptors (Lipinski definition) is 6. The Morgan fingerprint density at radius 1 is 1.22 bits per heavy atom. The molecule has 4 heterocycles. The largest absolute Gasteiger partial charge is 0.471 e. The Morgan fingerprint density at radius 3 is 2.81 bits per heavy atom. The van der Waals surface area contributed by atoms with Gasteiger partial charge in [0.25, 0.3) is 5.91 Å². The van der Waals surface area contributed by atoms with Gasteiger partial charge in [-0.3, -0.25) is 9.48 Å². The van der Waals surface area contributed by atoms with Gasteiger partial charge in [-0.2, -0.15) is 15.2 Å². The lowest BCUT2D eigenvalue weighted by atomic mass is 10.0. The second-order valence-electron chi connectivity index (χ2n) is 7.57. The number of carbonyl (C=O) groups is 1. The fourth-order valence-corrected chi connectivity index (χ4v) is 3.71. The minimum Gasteiger partial charge on any atom is -0.471 e. The van der Waals surface area contributed by atoms with Crippen molar-refractivity contribution in [1.82, 2.24) is 29.7 Å². The van der Waals surface area contributed by atoms with Crippen LogP contribution in [-0.4, -0.2) is 56.7 Å². The summed E-state index contributed by atoms with van der Waals surface area (Å²) in [4.78, 5) is 16.8. The summed E-state index contributed by atoms with van der Waals surface area (Å²) in [6.07, 6.45) is 7.53. The average molecular weight is 436 g/mol. The quantitative estimate of drug-likeness (QED) is 0.516. The SMILES string of the molecule is CNC(=O)c1ccc(F)c(-c2cnn3cc(-c4cnn(C)c4)c(OC4CCOC4)nc23)c1. The Hall–Kier alpha value is -3.79. The highest BCUT2D eigenvalue weighted by Crippen LogP contribution is 2.34. The van der Waals surface area contributed by atoms with Crippen molar-refractivity contribution in [1.29, 1.82) is 0 Å². The number of amides is 1. The van der Waals surface area contributed by atoms with E-state index >= 15 is 0 Å². The van der Waals surface area contributed by atoms with E-state index in [9.17, 15) is 9.18 Å². The van der Waals surface area contributed by atoms with E-state index in [1.54, 1.807) is 21.6 Å². The van der Waals surface area contributed by atoms with E-state index in [0.717, 1.165) is 12.0 Å². The van der Waals surface area contributed by atoms with Crippen molar-refractivity contribution in [3.05, 3.63) is 54.4 Å². The number of benzene rings is 1. The molecule has 5 rings (SSSR count). The van der Waals surface area contributed by atoms with Gasteiger partial charge in [0.15, 0.2) is 5.65 Å². The number of aromatic nitrogens is 5. The molecule has 1 unspecified atom stereocenters. The third kappa shape index (κ3) is 3.58. The minimum absolute atomic E-state index is 0.125. The lowest BCUT2D eigenvalue weighted by molar-refractivity contribution is 0.0963. The molecule has 1 atom stereocenters. The molecule has 0 bridgehead atoms. The predicted octanol–water partition coefficient (Wildman–Crippen LogP) is 2.46. The second kappa shape index (κ2) is 8.04. The van der Waals surface area contributed by atoms with E-state index in [1.807, 2.05) is 13.2 Å². The molecule has 32 heavy (non-hydrogen) atoms. The van der Waals surface area contributed by atoms with Gasteiger partial charge in [-0.15, -0.1) is 0 Å². The molecule has 4 aromatic rings. The van der Waals surface area contributed by atoms with Gasteiger partial charge in [-0.05, 0) is 18.2 Å². The molecular weight excluding hydrogens is 415 g/mol. The van der Waals surface area contributed by atoms with Crippen LogP contribution < -0.4 is 10.1 Å². The van der Waals surface area contributed by atoms with Crippen molar-refractivity contribution < 1.29 is 18.7 Å². The molecule has 1 aliphatic rings. The Balaban J connectivity index is 1.66. The molecule has 1 aromatic carbocycles. The smallest absolute Gasteiger partial charge is 0.251 e. The first-order valence-corrected chi connectivity index (χ1v) is 10.2. The fraction of sp³-hybridized carbons (Fsp3) is 0.273. The van der Waals surface area contributed by atoms with Crippen molar-refractivity contribution in [2.75, 3.05) is 20.3 Å². The summed E-state index contributed by atoms with van der Waals surface area (Å²) in [7, 11) is 3.35. The molecule has 9 nitrogen and oxygen atoms in total. The number of ether oxygens (including phenoxy) is 2. The van der Waals surface area contributed by atoms with E-state index in [1.165, 1.54) is 31.4 Å². The van der Waals surface area contributed by atoms with Gasteiger partial charge in [0.1, 0.15) is 11.9 Å². The standard InChI is InChI=1S/C22H21FN6O3/c1-24-21(30)13-3-4-19(23)16(7-13)17-9-26-29-11-18(14-8-25-28(2)10-14)22(27-20(17)29)32-15-5-6-31-12-15/h3-4,7-11,15H,5-6,12H2,1-2H3,(H,24,30). The number of hydrogen-bond donors (Lipinski definition) is 1. The summed E-state index contributed by atoms with van der Waals surface area (Å²) in [5.74, 6) is -0.386. The van der Waals surface area contributed by atoms with Gasteiger partial charge in [-0.25, -0.2) is 8.91 Å². The monoisotopic (exact) mass is 436 g/mol. The topological polar surface area (TPSA) is 95.6 Å². The number of nitrogens with zero attached hydrogens (tertiary/aromatic N) is 5. The molecular formula is C22H21FN6O3. The third-order valence-electron chi connectivity index (χ3n) is 5.39. The molecule has 10 heteroatoms. The Morgan fingerprint density at radius 2 is 2.09 bits per heavy atom. The van der Waals surface area contributed by atoms with Gasteiger partial charge in [-0.1, -0.05) is 0 Å². The number of aryl methyl sites for hydroxylation is 1. The molecule has 164 valence electrons. The maximum Gasteiger partial charge on any atom is 0.251 e. The summed E-state index contributed by atoms with van der Waals surface area (Å²) in [6, 6.07) is 4.19. The number of carbonyl (C=O) groups excluding carboxylic acids is 1. The normalized spacial score (nSPS) is 15.9. The summed E-state index contributed by atoms with van der Waals surface area (Å²) in [5.41, 5.74) is 2.98. The Labute approximate surface area is 182 Å². The highest BCUT2D eigenvalue weighted by atomic mass is 19.1. The van der Waals surface area contributed by atoms with Gasteiger partial charge in [0.05, 0.1) is 31.2 Å². The van der Waals surface area contributed by atoms with E-state index < -0.39 is 5.82 Å². The summed E-state index contributed by atoms with van der Waals surface area (Å²) >= 11 is 0. The van der Waals surface area contributed by atoms with Crippen LogP contribution in [0.3, 0.4) is 0 Å². The van der Waals surface area contributed by atoms with Crippen LogP contribution in [0, 0.1) is 5.82 Å². The molecule has 1 N–H and O–H groups in total. The third-order valence-corrected chi connectivity index (χ3v) is 5.39. The summed E-state index contributed by atoms with van der Waals surface area (Å²) in [6.45, 7) is 1.11. The van der Waals surface area contributed by atoms with Crippen LogP contribution in [0.1, 0.15) is 16.8 Å². The maximum absolute atomic E-state index is 14.7. The molecule has 0 aliphatic carbocycles. The highest BCUT2D eigenvalue weighted by molar-refractivity contribution is 5.96. The molecule has 1 fully saturated rings. The minimum atomic E-state index is -0.475. The zero-order valence-electron chi connectivity index (χ0n) is 17.6. The van der Waals surface area contributed by atoms with Crippen LogP contribution in [0.5, 0.6) is 5.88 Å². The van der Waals surface area contributed by atoms with Crippen molar-refractivity contribution in [2.24, 2.45) is 7.05 Å². The molecule has 0 saturated carbocycles. The molecule has 0 radical (unpaired) electrons. The molecule has 1 aliphatic heterocycles. The van der Waals surface area contributed by atoms with Crippen molar-refractivity contribution in [2.45, 2.75) is 12.5 Å². The number of nitrogens with one attached hydrogen (secondary N) is 1. The van der Waals surface area contributed by atoms with Crippen molar-refractivity contribution in [3.63, 3.8) is 0 Å². The van der Waals surface area contributed by atoms with Crippen LogP contribution in [0.15, 0.2) is 43.0 Å². The lowest BCUT2D eigenvalue weighted by Crippen LogP contribution is -2.18. The first-order valence-electron chi connectivity index (χ1n) is 10.2. The molecule has 0 spiro atoms. The maximum atomic E-state index is 14.7. The van der Waals surface area contributed by atoms with Crippen molar-refractivity contribution in [3.8, 4) is 28.1 Å². The highest BCUT2D eigenvalue weighted by Gasteiger charge is 2.23. The van der Waals surface area contributed by atoms with Crippen LogP contribution >= 0.6 is 0 Å². The zero-order chi connectivity index (χ0) is 22.2. The number of halogens is 1. The molecule has 1 amide bonds. The second-order valence-corrected chi connectivity index (χ2v) is 7.57. The van der Waals surface area contributed by atoms with Gasteiger partial charge < -0.3 is 14.8 Å². The molecule has 3 aromatic heterocycles. The number of fused-ring (bicyclic) bond motifs is 1. The number of rotatable bonds is 5. The van der Waals surface area contributed by atoms with E-state index in [2.05, 4.69) is 15.5 Å². The fourth-order valence-electron chi connectivity index (χ4n) is 3.71. The van der Waals surface area contributed by atoms with Gasteiger partial charge >= 0.3 is 0 Å². The summed E-state index contributed by atoms with van der Waals surface area (Å²) < 4.78 is 29.6. The van der Waals surface area contributed by atoms with Crippen molar-refractivity contribution >= 4 is 11.6 Å². The van der Waals surface area contributed by atoms with E-state index in [4.69, 9.17) is 14.5 Å². The van der Waals surface area contributed by atoms with Gasteiger partial charge in [0.2, 0.25) is 5.88 Å². The van der Waals surface area contributed by atoms with E-state index in [0.29, 0.717) is 41.4 Å². The Kier molecular flexibility index (Phi) is 5.06.